The van der Waals surface area contributed by atoms with Gasteiger partial charge in [-0.2, -0.15) is 0 Å². The van der Waals surface area contributed by atoms with E-state index in [1.165, 1.54) is 24.3 Å². The van der Waals surface area contributed by atoms with Gasteiger partial charge in [0.2, 0.25) is 5.91 Å². The van der Waals surface area contributed by atoms with Crippen molar-refractivity contribution in [2.24, 2.45) is 5.73 Å². The standard InChI is InChI=1S/C23H21FN2O3/c24-19-11-9-18(10-12-19)23(28)26-21(22(25)27)14-17-7-4-8-20(13-17)29-15-16-5-2-1-3-6-16/h1-13,21H,14-15H2,(H2,25,27)(H,26,28)/t21-/m1/s1. The van der Waals surface area contributed by atoms with Crippen molar-refractivity contribution in [3.63, 3.8) is 0 Å². The summed E-state index contributed by atoms with van der Waals surface area (Å²) in [4.78, 5) is 24.2. The Hall–Kier alpha value is -3.67. The summed E-state index contributed by atoms with van der Waals surface area (Å²) in [5.41, 5.74) is 7.54. The number of carbonyl (C=O) groups excluding carboxylic acids is 2. The van der Waals surface area contributed by atoms with Gasteiger partial charge in [0.25, 0.3) is 5.91 Å². The fourth-order valence-electron chi connectivity index (χ4n) is 2.80. The topological polar surface area (TPSA) is 81.4 Å². The van der Waals surface area contributed by atoms with Crippen LogP contribution in [0.25, 0.3) is 0 Å². The number of primary amides is 1. The lowest BCUT2D eigenvalue weighted by Gasteiger charge is -2.16. The van der Waals surface area contributed by atoms with Crippen molar-refractivity contribution in [2.45, 2.75) is 19.1 Å². The minimum absolute atomic E-state index is 0.213. The van der Waals surface area contributed by atoms with Crippen LogP contribution in [-0.2, 0) is 17.8 Å². The number of halogens is 1. The van der Waals surface area contributed by atoms with Crippen LogP contribution in [0.2, 0.25) is 0 Å². The van der Waals surface area contributed by atoms with Gasteiger partial charge >= 0.3 is 0 Å². The smallest absolute Gasteiger partial charge is 0.251 e. The van der Waals surface area contributed by atoms with Crippen molar-refractivity contribution in [1.29, 1.82) is 0 Å². The first kappa shape index (κ1) is 20.1. The zero-order chi connectivity index (χ0) is 20.6. The molecule has 0 radical (unpaired) electrons. The van der Waals surface area contributed by atoms with E-state index in [-0.39, 0.29) is 12.0 Å². The summed E-state index contributed by atoms with van der Waals surface area (Å²) in [6, 6.07) is 21.2. The van der Waals surface area contributed by atoms with E-state index in [1.807, 2.05) is 54.6 Å². The molecule has 5 nitrogen and oxygen atoms in total. The number of ether oxygens (including phenoxy) is 1. The molecule has 29 heavy (non-hydrogen) atoms. The Labute approximate surface area is 168 Å². The van der Waals surface area contributed by atoms with Gasteiger partial charge in [0, 0.05) is 12.0 Å². The molecule has 0 saturated carbocycles. The summed E-state index contributed by atoms with van der Waals surface area (Å²) >= 11 is 0. The van der Waals surface area contributed by atoms with Crippen molar-refractivity contribution in [3.05, 3.63) is 101 Å². The quantitative estimate of drug-likeness (QED) is 0.618. The second-order valence-electron chi connectivity index (χ2n) is 6.56. The third-order valence-electron chi connectivity index (χ3n) is 4.34. The molecule has 0 aromatic heterocycles. The Balaban J connectivity index is 1.64. The van der Waals surface area contributed by atoms with Gasteiger partial charge in [-0.15, -0.1) is 0 Å². The van der Waals surface area contributed by atoms with Crippen LogP contribution in [0.3, 0.4) is 0 Å². The lowest BCUT2D eigenvalue weighted by molar-refractivity contribution is -0.119. The zero-order valence-corrected chi connectivity index (χ0v) is 15.7. The molecule has 2 amide bonds. The van der Waals surface area contributed by atoms with E-state index in [0.717, 1.165) is 11.1 Å². The lowest BCUT2D eigenvalue weighted by Crippen LogP contribution is -2.45. The van der Waals surface area contributed by atoms with Crippen LogP contribution >= 0.6 is 0 Å². The molecular formula is C23H21FN2O3. The van der Waals surface area contributed by atoms with Crippen molar-refractivity contribution < 1.29 is 18.7 Å². The molecule has 0 aliphatic carbocycles. The molecule has 0 bridgehead atoms. The second kappa shape index (κ2) is 9.50. The molecule has 148 valence electrons. The van der Waals surface area contributed by atoms with Crippen LogP contribution in [-0.4, -0.2) is 17.9 Å². The lowest BCUT2D eigenvalue weighted by atomic mass is 10.0. The number of amides is 2. The largest absolute Gasteiger partial charge is 0.489 e. The fraction of sp³-hybridized carbons (Fsp3) is 0.130. The Kier molecular flexibility index (Phi) is 6.58. The predicted octanol–water partition coefficient (Wildman–Crippen LogP) is 3.23. The van der Waals surface area contributed by atoms with Gasteiger partial charge in [0.1, 0.15) is 24.2 Å². The Morgan fingerprint density at radius 2 is 1.62 bits per heavy atom. The third kappa shape index (κ3) is 5.90. The van der Waals surface area contributed by atoms with Gasteiger partial charge in [-0.25, -0.2) is 4.39 Å². The summed E-state index contributed by atoms with van der Waals surface area (Å²) in [6.07, 6.45) is 0.213. The van der Waals surface area contributed by atoms with E-state index in [1.54, 1.807) is 0 Å². The number of hydrogen-bond donors (Lipinski definition) is 2. The maximum absolute atomic E-state index is 13.0. The van der Waals surface area contributed by atoms with Gasteiger partial charge < -0.3 is 15.8 Å². The highest BCUT2D eigenvalue weighted by atomic mass is 19.1. The monoisotopic (exact) mass is 392 g/mol. The number of rotatable bonds is 8. The van der Waals surface area contributed by atoms with E-state index >= 15 is 0 Å². The minimum atomic E-state index is -0.906. The van der Waals surface area contributed by atoms with Gasteiger partial charge in [0.05, 0.1) is 0 Å². The molecule has 0 heterocycles. The predicted molar refractivity (Wildman–Crippen MR) is 108 cm³/mol. The molecule has 3 aromatic rings. The molecule has 3 N–H and O–H groups in total. The molecule has 0 spiro atoms. The first-order valence-electron chi connectivity index (χ1n) is 9.12. The maximum Gasteiger partial charge on any atom is 0.251 e. The van der Waals surface area contributed by atoms with Crippen LogP contribution in [0.15, 0.2) is 78.9 Å². The zero-order valence-electron chi connectivity index (χ0n) is 15.7. The van der Waals surface area contributed by atoms with Crippen molar-refractivity contribution >= 4 is 11.8 Å². The SMILES string of the molecule is NC(=O)[C@@H](Cc1cccc(OCc2ccccc2)c1)NC(=O)c1ccc(F)cc1. The summed E-state index contributed by atoms with van der Waals surface area (Å²) in [5.74, 6) is -0.943. The van der Waals surface area contributed by atoms with Crippen molar-refractivity contribution in [1.82, 2.24) is 5.32 Å². The van der Waals surface area contributed by atoms with Crippen LogP contribution in [0.5, 0.6) is 5.75 Å². The highest BCUT2D eigenvalue weighted by Gasteiger charge is 2.20. The number of nitrogens with two attached hydrogens (primary N) is 1. The van der Waals surface area contributed by atoms with Crippen LogP contribution < -0.4 is 15.8 Å². The molecule has 1 atom stereocenters. The van der Waals surface area contributed by atoms with Crippen molar-refractivity contribution in [2.75, 3.05) is 0 Å². The molecule has 0 aliphatic heterocycles. The van der Waals surface area contributed by atoms with E-state index in [4.69, 9.17) is 10.5 Å². The molecule has 0 fully saturated rings. The van der Waals surface area contributed by atoms with Gasteiger partial charge in [0.15, 0.2) is 0 Å². The minimum Gasteiger partial charge on any atom is -0.489 e. The van der Waals surface area contributed by atoms with Gasteiger partial charge in [-0.1, -0.05) is 42.5 Å². The van der Waals surface area contributed by atoms with E-state index < -0.39 is 23.7 Å². The van der Waals surface area contributed by atoms with Crippen LogP contribution in [0.1, 0.15) is 21.5 Å². The summed E-state index contributed by atoms with van der Waals surface area (Å²) < 4.78 is 18.8. The van der Waals surface area contributed by atoms with Crippen LogP contribution in [0.4, 0.5) is 4.39 Å². The Morgan fingerprint density at radius 3 is 2.31 bits per heavy atom. The second-order valence-corrected chi connectivity index (χ2v) is 6.56. The van der Waals surface area contributed by atoms with Gasteiger partial charge in [-0.3, -0.25) is 9.59 Å². The average Bonchev–Trinajstić information content (AvgIpc) is 2.73. The first-order valence-corrected chi connectivity index (χ1v) is 9.12. The number of hydrogen-bond acceptors (Lipinski definition) is 3. The third-order valence-corrected chi connectivity index (χ3v) is 4.34. The molecule has 3 aromatic carbocycles. The Bertz CT molecular complexity index is 975. The maximum atomic E-state index is 13.0. The van der Waals surface area contributed by atoms with E-state index in [9.17, 15) is 14.0 Å². The summed E-state index contributed by atoms with van der Waals surface area (Å²) in [6.45, 7) is 0.421. The normalized spacial score (nSPS) is 11.5. The number of nitrogens with one attached hydrogen (secondary N) is 1. The van der Waals surface area contributed by atoms with Crippen molar-refractivity contribution in [3.8, 4) is 5.75 Å². The average molecular weight is 392 g/mol. The highest BCUT2D eigenvalue weighted by Crippen LogP contribution is 2.17. The highest BCUT2D eigenvalue weighted by molar-refractivity contribution is 5.97. The van der Waals surface area contributed by atoms with Crippen LogP contribution in [0, 0.1) is 5.82 Å². The number of benzene rings is 3. The molecule has 3 rings (SSSR count). The Morgan fingerprint density at radius 1 is 0.931 bits per heavy atom. The fourth-order valence-corrected chi connectivity index (χ4v) is 2.80. The molecular weight excluding hydrogens is 371 g/mol. The number of carbonyl (C=O) groups is 2. The first-order chi connectivity index (χ1) is 14.0. The molecule has 0 unspecified atom stereocenters. The molecule has 0 saturated heterocycles. The summed E-state index contributed by atoms with van der Waals surface area (Å²) in [7, 11) is 0. The van der Waals surface area contributed by atoms with E-state index in [0.29, 0.717) is 12.4 Å². The summed E-state index contributed by atoms with van der Waals surface area (Å²) in [5, 5.41) is 2.60. The van der Waals surface area contributed by atoms with E-state index in [2.05, 4.69) is 5.32 Å². The molecule has 0 aliphatic rings. The molecule has 6 heteroatoms. The van der Waals surface area contributed by atoms with Gasteiger partial charge in [-0.05, 0) is 47.5 Å².